The van der Waals surface area contributed by atoms with Crippen LogP contribution in [0, 0.1) is 0 Å². The van der Waals surface area contributed by atoms with Gasteiger partial charge in [0.2, 0.25) is 23.6 Å². The zero-order valence-corrected chi connectivity index (χ0v) is 21.1. The van der Waals surface area contributed by atoms with E-state index in [1.165, 1.54) is 6.08 Å². The number of hydrogen-bond donors (Lipinski definition) is 3. The maximum absolute atomic E-state index is 11.8. The van der Waals surface area contributed by atoms with E-state index in [0.29, 0.717) is 47.8 Å². The summed E-state index contributed by atoms with van der Waals surface area (Å²) in [5, 5.41) is 10.2. The third-order valence-corrected chi connectivity index (χ3v) is 6.17. The lowest BCUT2D eigenvalue weighted by molar-refractivity contribution is -0.132. The van der Waals surface area contributed by atoms with Crippen LogP contribution in [-0.4, -0.2) is 57.9 Å². The average Bonchev–Trinajstić information content (AvgIpc) is 2.90. The molecule has 192 valence electrons. The SMILES string of the molecule is C=CC(=O)Nc1cccc(-c2nc(Nc3ccc(NC4CN(C(C)=O)C4)nc3OC)nc3ccccc23)c1. The van der Waals surface area contributed by atoms with Crippen LogP contribution in [0.2, 0.25) is 0 Å². The van der Waals surface area contributed by atoms with Gasteiger partial charge in [0, 0.05) is 36.7 Å². The molecule has 3 heterocycles. The summed E-state index contributed by atoms with van der Waals surface area (Å²) in [6.45, 7) is 6.36. The van der Waals surface area contributed by atoms with Gasteiger partial charge in [0.15, 0.2) is 0 Å². The van der Waals surface area contributed by atoms with Crippen LogP contribution in [0.4, 0.5) is 23.1 Å². The van der Waals surface area contributed by atoms with Crippen molar-refractivity contribution in [3.8, 4) is 17.1 Å². The lowest BCUT2D eigenvalue weighted by Gasteiger charge is -2.39. The fourth-order valence-corrected chi connectivity index (χ4v) is 4.22. The summed E-state index contributed by atoms with van der Waals surface area (Å²) in [7, 11) is 1.55. The summed E-state index contributed by atoms with van der Waals surface area (Å²) in [6, 6.07) is 19.0. The van der Waals surface area contributed by atoms with E-state index in [4.69, 9.17) is 14.7 Å². The van der Waals surface area contributed by atoms with Gasteiger partial charge in [0.25, 0.3) is 0 Å². The summed E-state index contributed by atoms with van der Waals surface area (Å²) in [4.78, 5) is 39.1. The van der Waals surface area contributed by atoms with E-state index in [0.717, 1.165) is 16.5 Å². The van der Waals surface area contributed by atoms with Crippen molar-refractivity contribution in [3.05, 3.63) is 73.3 Å². The van der Waals surface area contributed by atoms with E-state index in [2.05, 4.69) is 27.5 Å². The average molecular weight is 510 g/mol. The van der Waals surface area contributed by atoms with Crippen molar-refractivity contribution in [3.63, 3.8) is 0 Å². The topological polar surface area (TPSA) is 121 Å². The number of nitrogens with zero attached hydrogens (tertiary/aromatic N) is 4. The van der Waals surface area contributed by atoms with E-state index < -0.39 is 0 Å². The van der Waals surface area contributed by atoms with Crippen LogP contribution in [0.3, 0.4) is 0 Å². The van der Waals surface area contributed by atoms with Crippen LogP contribution in [0.25, 0.3) is 22.2 Å². The number of amides is 2. The van der Waals surface area contributed by atoms with Gasteiger partial charge in [-0.1, -0.05) is 36.9 Å². The standard InChI is InChI=1S/C28H27N7O3/c1-4-25(37)30-19-9-7-8-18(14-19)26-21-10-5-6-11-22(21)31-28(34-26)32-23-12-13-24(33-27(23)38-3)29-20-15-35(16-20)17(2)36/h4-14,20H,1,15-16H2,2-3H3,(H,29,33)(H,30,37)(H,31,32,34). The number of fused-ring (bicyclic) bond motifs is 1. The predicted molar refractivity (Wildman–Crippen MR) is 148 cm³/mol. The molecule has 10 heteroatoms. The number of nitrogens with one attached hydrogen (secondary N) is 3. The fourth-order valence-electron chi connectivity index (χ4n) is 4.22. The molecule has 2 amide bonds. The van der Waals surface area contributed by atoms with Crippen molar-refractivity contribution < 1.29 is 14.3 Å². The molecule has 0 bridgehead atoms. The number of anilines is 4. The Morgan fingerprint density at radius 1 is 1.05 bits per heavy atom. The maximum Gasteiger partial charge on any atom is 0.247 e. The molecule has 3 N–H and O–H groups in total. The Bertz CT molecular complexity index is 1530. The Morgan fingerprint density at radius 2 is 1.87 bits per heavy atom. The second-order valence-electron chi connectivity index (χ2n) is 8.83. The van der Waals surface area contributed by atoms with Gasteiger partial charge in [-0.25, -0.2) is 9.97 Å². The van der Waals surface area contributed by atoms with Gasteiger partial charge in [-0.3, -0.25) is 9.59 Å². The van der Waals surface area contributed by atoms with Crippen molar-refractivity contribution >= 4 is 45.9 Å². The highest BCUT2D eigenvalue weighted by atomic mass is 16.5. The lowest BCUT2D eigenvalue weighted by Crippen LogP contribution is -2.56. The number of benzene rings is 2. The zero-order chi connectivity index (χ0) is 26.6. The van der Waals surface area contributed by atoms with Crippen LogP contribution in [-0.2, 0) is 9.59 Å². The summed E-state index contributed by atoms with van der Waals surface area (Å²) in [6.07, 6.45) is 1.23. The number of methoxy groups -OCH3 is 1. The molecule has 5 rings (SSSR count). The largest absolute Gasteiger partial charge is 0.479 e. The van der Waals surface area contributed by atoms with Crippen molar-refractivity contribution in [1.29, 1.82) is 0 Å². The van der Waals surface area contributed by atoms with Crippen LogP contribution < -0.4 is 20.7 Å². The van der Waals surface area contributed by atoms with Crippen molar-refractivity contribution in [2.45, 2.75) is 13.0 Å². The van der Waals surface area contributed by atoms with Gasteiger partial charge in [-0.15, -0.1) is 0 Å². The van der Waals surface area contributed by atoms with Crippen molar-refractivity contribution in [1.82, 2.24) is 19.9 Å². The normalized spacial score (nSPS) is 12.9. The molecular weight excluding hydrogens is 482 g/mol. The maximum atomic E-state index is 11.8. The number of carbonyl (C=O) groups is 2. The first-order valence-corrected chi connectivity index (χ1v) is 12.1. The van der Waals surface area contributed by atoms with Gasteiger partial charge >= 0.3 is 0 Å². The first-order chi connectivity index (χ1) is 18.4. The number of aromatic nitrogens is 3. The number of para-hydroxylation sites is 1. The minimum atomic E-state index is -0.289. The first kappa shape index (κ1) is 24.7. The third-order valence-electron chi connectivity index (χ3n) is 6.17. The Hall–Kier alpha value is -4.99. The molecule has 1 fully saturated rings. The van der Waals surface area contributed by atoms with Crippen LogP contribution in [0.5, 0.6) is 5.88 Å². The van der Waals surface area contributed by atoms with Crippen molar-refractivity contribution in [2.24, 2.45) is 0 Å². The monoisotopic (exact) mass is 509 g/mol. The number of ether oxygens (including phenoxy) is 1. The molecule has 38 heavy (non-hydrogen) atoms. The lowest BCUT2D eigenvalue weighted by atomic mass is 10.1. The molecule has 0 saturated carbocycles. The predicted octanol–water partition coefficient (Wildman–Crippen LogP) is 4.21. The highest BCUT2D eigenvalue weighted by Gasteiger charge is 2.28. The number of likely N-dealkylation sites (tertiary alicyclic amines) is 1. The quantitative estimate of drug-likeness (QED) is 0.302. The van der Waals surface area contributed by atoms with Gasteiger partial charge in [-0.05, 0) is 36.4 Å². The first-order valence-electron chi connectivity index (χ1n) is 12.1. The molecular formula is C28H27N7O3. The molecule has 2 aromatic heterocycles. The highest BCUT2D eigenvalue weighted by molar-refractivity contribution is 6.00. The third kappa shape index (κ3) is 5.24. The van der Waals surface area contributed by atoms with E-state index in [1.807, 2.05) is 54.6 Å². The zero-order valence-electron chi connectivity index (χ0n) is 21.1. The minimum absolute atomic E-state index is 0.0659. The van der Waals surface area contributed by atoms with E-state index in [9.17, 15) is 9.59 Å². The molecule has 0 radical (unpaired) electrons. The van der Waals surface area contributed by atoms with Crippen LogP contribution >= 0.6 is 0 Å². The highest BCUT2D eigenvalue weighted by Crippen LogP contribution is 2.32. The molecule has 0 atom stereocenters. The molecule has 1 saturated heterocycles. The minimum Gasteiger partial charge on any atom is -0.479 e. The van der Waals surface area contributed by atoms with Crippen LogP contribution in [0.1, 0.15) is 6.92 Å². The van der Waals surface area contributed by atoms with Gasteiger partial charge in [-0.2, -0.15) is 4.98 Å². The molecule has 0 aliphatic carbocycles. The Balaban J connectivity index is 1.43. The Labute approximate surface area is 219 Å². The Kier molecular flexibility index (Phi) is 6.86. The van der Waals surface area contributed by atoms with E-state index >= 15 is 0 Å². The van der Waals surface area contributed by atoms with E-state index in [1.54, 1.807) is 25.0 Å². The molecule has 0 spiro atoms. The van der Waals surface area contributed by atoms with Gasteiger partial charge in [0.05, 0.1) is 24.4 Å². The molecule has 1 aliphatic heterocycles. The van der Waals surface area contributed by atoms with Crippen LogP contribution in [0.15, 0.2) is 73.3 Å². The summed E-state index contributed by atoms with van der Waals surface area (Å²) < 4.78 is 5.53. The molecule has 10 nitrogen and oxygen atoms in total. The Morgan fingerprint density at radius 3 is 2.63 bits per heavy atom. The second kappa shape index (κ2) is 10.6. The van der Waals surface area contributed by atoms with Gasteiger partial charge < -0.3 is 25.6 Å². The number of rotatable bonds is 8. The number of carbonyl (C=O) groups excluding carboxylic acids is 2. The molecule has 1 aliphatic rings. The van der Waals surface area contributed by atoms with Gasteiger partial charge in [0.1, 0.15) is 11.5 Å². The van der Waals surface area contributed by atoms with E-state index in [-0.39, 0.29) is 17.9 Å². The number of pyridine rings is 1. The van der Waals surface area contributed by atoms with Crippen molar-refractivity contribution in [2.75, 3.05) is 36.1 Å². The second-order valence-corrected chi connectivity index (χ2v) is 8.83. The molecule has 2 aromatic carbocycles. The molecule has 4 aromatic rings. The number of hydrogen-bond acceptors (Lipinski definition) is 8. The summed E-state index contributed by atoms with van der Waals surface area (Å²) in [5.74, 6) is 1.18. The fraction of sp³-hybridized carbons (Fsp3) is 0.179. The molecule has 0 unspecified atom stereocenters. The summed E-state index contributed by atoms with van der Waals surface area (Å²) in [5.41, 5.74) is 3.52. The smallest absolute Gasteiger partial charge is 0.247 e. The summed E-state index contributed by atoms with van der Waals surface area (Å²) >= 11 is 0.